The third-order valence-corrected chi connectivity index (χ3v) is 7.50. The average molecular weight is 542 g/mol. The summed E-state index contributed by atoms with van der Waals surface area (Å²) in [4.78, 5) is 12.7. The first kappa shape index (κ1) is 28.3. The Hall–Kier alpha value is -3.27. The molecule has 3 aromatic rings. The van der Waals surface area contributed by atoms with Crippen LogP contribution in [0, 0.1) is 0 Å². The van der Waals surface area contributed by atoms with E-state index < -0.39 is 22.3 Å². The Kier molecular flexibility index (Phi) is 11.1. The van der Waals surface area contributed by atoms with E-state index in [0.717, 1.165) is 28.9 Å². The van der Waals surface area contributed by atoms with Crippen molar-refractivity contribution < 1.29 is 27.2 Å². The second-order valence-corrected chi connectivity index (χ2v) is 10.8. The molecule has 0 bridgehead atoms. The molecule has 2 atom stereocenters. The molecule has 0 unspecified atom stereocenters. The number of nitrogens with one attached hydrogen (secondary N) is 1. The normalized spacial score (nSPS) is 13.1. The fourth-order valence-electron chi connectivity index (χ4n) is 3.59. The lowest BCUT2D eigenvalue weighted by molar-refractivity contribution is 0.137. The number of benzene rings is 3. The zero-order valence-electron chi connectivity index (χ0n) is 20.5. The number of hydrogen-bond donors (Lipinski definition) is 2. The first-order valence-corrected chi connectivity index (χ1v) is 14.3. The molecule has 0 aromatic heterocycles. The lowest BCUT2D eigenvalue weighted by Crippen LogP contribution is -2.41. The summed E-state index contributed by atoms with van der Waals surface area (Å²) in [6.07, 6.45) is 1.99. The maximum absolute atomic E-state index is 12.7. The van der Waals surface area contributed by atoms with E-state index >= 15 is 0 Å². The fourth-order valence-corrected chi connectivity index (χ4v) is 5.21. The van der Waals surface area contributed by atoms with Crippen LogP contribution in [0.3, 0.4) is 0 Å². The van der Waals surface area contributed by atoms with Gasteiger partial charge in [0.25, 0.3) is 10.1 Å². The van der Waals surface area contributed by atoms with E-state index in [-0.39, 0.29) is 11.9 Å². The van der Waals surface area contributed by atoms with Crippen LogP contribution in [0.5, 0.6) is 5.75 Å². The summed E-state index contributed by atoms with van der Waals surface area (Å²) in [7, 11) is -2.77. The second-order valence-electron chi connectivity index (χ2n) is 8.30. The van der Waals surface area contributed by atoms with E-state index in [1.807, 2.05) is 84.9 Å². The quantitative estimate of drug-likeness (QED) is 0.271. The molecule has 0 saturated carbocycles. The van der Waals surface area contributed by atoms with Gasteiger partial charge in [0.05, 0.1) is 18.6 Å². The minimum Gasteiger partial charge on any atom is -0.497 e. The zero-order valence-corrected chi connectivity index (χ0v) is 22.2. The van der Waals surface area contributed by atoms with E-state index in [1.54, 1.807) is 18.9 Å². The minimum atomic E-state index is -4.38. The first-order chi connectivity index (χ1) is 17.8. The fraction of sp³-hybridized carbons (Fsp3) is 0.250. The molecule has 196 valence electrons. The van der Waals surface area contributed by atoms with Crippen LogP contribution in [0.4, 0.5) is 4.79 Å². The molecule has 0 saturated heterocycles. The lowest BCUT2D eigenvalue weighted by Gasteiger charge is -2.25. The molecule has 0 radical (unpaired) electrons. The van der Waals surface area contributed by atoms with Gasteiger partial charge in [-0.3, -0.25) is 4.55 Å². The van der Waals surface area contributed by atoms with Crippen LogP contribution in [-0.2, 0) is 33.6 Å². The molecule has 0 spiro atoms. The van der Waals surface area contributed by atoms with Gasteiger partial charge in [-0.05, 0) is 47.7 Å². The number of carbonyl (C=O) groups is 1. The van der Waals surface area contributed by atoms with Gasteiger partial charge in [0.2, 0.25) is 0 Å². The molecule has 3 aromatic carbocycles. The standard InChI is InChI=1S/C28H31NO6S2/c1-34-25-15-12-24(13-16-25)21-36-27(17-14-22-8-4-2-5-9-22)26(18-19-37(31,32)33)29-28(30)35-20-23-10-6-3-7-11-23/h2-13,15-16,18-19,26-27H,14,17,20-21H2,1H3,(H,29,30)(H,31,32,33)/t26-,27+/m0/s1. The maximum Gasteiger partial charge on any atom is 0.407 e. The van der Waals surface area contributed by atoms with Crippen molar-refractivity contribution in [2.24, 2.45) is 0 Å². The number of ether oxygens (including phenoxy) is 2. The summed E-state index contributed by atoms with van der Waals surface area (Å²) in [5.41, 5.74) is 3.01. The van der Waals surface area contributed by atoms with Crippen molar-refractivity contribution in [2.75, 3.05) is 7.11 Å². The molecule has 0 heterocycles. The SMILES string of the molecule is COc1ccc(CS[C@H](CCc2ccccc2)[C@H](C=CS(=O)(=O)O)NC(=O)OCc2ccccc2)cc1. The largest absolute Gasteiger partial charge is 0.497 e. The van der Waals surface area contributed by atoms with E-state index in [2.05, 4.69) is 5.32 Å². The van der Waals surface area contributed by atoms with Crippen molar-refractivity contribution in [1.82, 2.24) is 5.32 Å². The number of alkyl carbamates (subject to hydrolysis) is 1. The Balaban J connectivity index is 1.76. The molecule has 3 rings (SSSR count). The predicted molar refractivity (Wildman–Crippen MR) is 147 cm³/mol. The zero-order chi connectivity index (χ0) is 26.5. The second kappa shape index (κ2) is 14.5. The van der Waals surface area contributed by atoms with Crippen molar-refractivity contribution in [1.29, 1.82) is 0 Å². The highest BCUT2D eigenvalue weighted by Gasteiger charge is 2.23. The molecule has 0 aliphatic rings. The maximum atomic E-state index is 12.7. The van der Waals surface area contributed by atoms with Crippen LogP contribution < -0.4 is 10.1 Å². The molecule has 0 fully saturated rings. The van der Waals surface area contributed by atoms with Gasteiger partial charge in [0.15, 0.2) is 0 Å². The molecular weight excluding hydrogens is 510 g/mol. The number of thioether (sulfide) groups is 1. The molecule has 7 nitrogen and oxygen atoms in total. The van der Waals surface area contributed by atoms with E-state index in [0.29, 0.717) is 17.6 Å². The lowest BCUT2D eigenvalue weighted by atomic mass is 10.0. The Morgan fingerprint density at radius 1 is 0.946 bits per heavy atom. The van der Waals surface area contributed by atoms with Crippen molar-refractivity contribution in [2.45, 2.75) is 36.5 Å². The van der Waals surface area contributed by atoms with E-state index in [9.17, 15) is 17.8 Å². The number of rotatable bonds is 13. The minimum absolute atomic E-state index is 0.0785. The van der Waals surface area contributed by atoms with Gasteiger partial charge < -0.3 is 14.8 Å². The van der Waals surface area contributed by atoms with Crippen molar-refractivity contribution in [3.63, 3.8) is 0 Å². The predicted octanol–water partition coefficient (Wildman–Crippen LogP) is 5.63. The Bertz CT molecular complexity index is 1230. The molecular formula is C28H31NO6S2. The summed E-state index contributed by atoms with van der Waals surface area (Å²) >= 11 is 1.58. The molecule has 1 amide bonds. The molecule has 2 N–H and O–H groups in total. The van der Waals surface area contributed by atoms with E-state index in [4.69, 9.17) is 9.47 Å². The number of carbonyl (C=O) groups excluding carboxylic acids is 1. The summed E-state index contributed by atoms with van der Waals surface area (Å²) in [6, 6.07) is 26.2. The molecule has 0 aliphatic carbocycles. The van der Waals surface area contributed by atoms with Crippen molar-refractivity contribution >= 4 is 28.0 Å². The van der Waals surface area contributed by atoms with Crippen LogP contribution >= 0.6 is 11.8 Å². The number of amides is 1. The summed E-state index contributed by atoms with van der Waals surface area (Å²) in [5.74, 6) is 1.38. The summed E-state index contributed by atoms with van der Waals surface area (Å²) in [6.45, 7) is 0.0785. The third kappa shape index (κ3) is 10.7. The van der Waals surface area contributed by atoms with Gasteiger partial charge in [0, 0.05) is 11.0 Å². The highest BCUT2D eigenvalue weighted by atomic mass is 32.2. The van der Waals surface area contributed by atoms with Crippen LogP contribution in [0.1, 0.15) is 23.1 Å². The molecule has 9 heteroatoms. The van der Waals surface area contributed by atoms with Crippen LogP contribution in [0.15, 0.2) is 96.4 Å². The van der Waals surface area contributed by atoms with Gasteiger partial charge >= 0.3 is 6.09 Å². The van der Waals surface area contributed by atoms with Gasteiger partial charge in [-0.1, -0.05) is 72.8 Å². The Morgan fingerprint density at radius 2 is 1.57 bits per heavy atom. The Morgan fingerprint density at radius 3 is 2.16 bits per heavy atom. The highest BCUT2D eigenvalue weighted by molar-refractivity contribution is 7.99. The monoisotopic (exact) mass is 541 g/mol. The van der Waals surface area contributed by atoms with Gasteiger partial charge in [-0.15, -0.1) is 0 Å². The van der Waals surface area contributed by atoms with E-state index in [1.165, 1.54) is 6.08 Å². The Labute approximate surface area is 222 Å². The number of aryl methyl sites for hydroxylation is 1. The topological polar surface area (TPSA) is 102 Å². The third-order valence-electron chi connectivity index (χ3n) is 5.54. The van der Waals surface area contributed by atoms with Crippen molar-refractivity contribution in [3.8, 4) is 5.75 Å². The summed E-state index contributed by atoms with van der Waals surface area (Å²) < 4.78 is 42.9. The highest BCUT2D eigenvalue weighted by Crippen LogP contribution is 2.27. The molecule has 0 aliphatic heterocycles. The average Bonchev–Trinajstić information content (AvgIpc) is 2.91. The van der Waals surface area contributed by atoms with Crippen molar-refractivity contribution in [3.05, 3.63) is 113 Å². The first-order valence-electron chi connectivity index (χ1n) is 11.7. The van der Waals surface area contributed by atoms with Crippen LogP contribution in [0.2, 0.25) is 0 Å². The number of hydrogen-bond acceptors (Lipinski definition) is 6. The van der Waals surface area contributed by atoms with Gasteiger partial charge in [-0.2, -0.15) is 20.2 Å². The smallest absolute Gasteiger partial charge is 0.407 e. The van der Waals surface area contributed by atoms with Crippen LogP contribution in [0.25, 0.3) is 0 Å². The number of methoxy groups -OCH3 is 1. The van der Waals surface area contributed by atoms with Gasteiger partial charge in [0.1, 0.15) is 12.4 Å². The van der Waals surface area contributed by atoms with Gasteiger partial charge in [-0.25, -0.2) is 4.79 Å². The summed E-state index contributed by atoms with van der Waals surface area (Å²) in [5, 5.41) is 3.28. The molecule has 37 heavy (non-hydrogen) atoms. The van der Waals surface area contributed by atoms with Crippen LogP contribution in [-0.4, -0.2) is 37.5 Å².